The topological polar surface area (TPSA) is 78.9 Å². The summed E-state index contributed by atoms with van der Waals surface area (Å²) in [6.45, 7) is 13.0. The van der Waals surface area contributed by atoms with Gasteiger partial charge in [-0.1, -0.05) is 12.5 Å². The fourth-order valence-corrected chi connectivity index (χ4v) is 1.71. The first kappa shape index (κ1) is 23.4. The first-order valence-electron chi connectivity index (χ1n) is 8.30. The number of esters is 1. The molecule has 0 saturated heterocycles. The molecule has 26 heavy (non-hydrogen) atoms. The third-order valence-corrected chi connectivity index (χ3v) is 2.86. The van der Waals surface area contributed by atoms with Gasteiger partial charge >= 0.3 is 5.97 Å². The molecule has 0 aromatic heterocycles. The van der Waals surface area contributed by atoms with Crippen LogP contribution in [0.15, 0.2) is 36.4 Å². The van der Waals surface area contributed by atoms with Crippen LogP contribution in [0.25, 0.3) is 0 Å². The Morgan fingerprint density at radius 3 is 2.12 bits per heavy atom. The lowest BCUT2D eigenvalue weighted by atomic mass is 9.96. The normalized spacial score (nSPS) is 10.0. The maximum Gasteiger partial charge on any atom is 0.306 e. The first-order chi connectivity index (χ1) is 12.1. The number of hydrogen-bond donors (Lipinski definition) is 0. The molecule has 1 rings (SSSR count). The smallest absolute Gasteiger partial charge is 0.306 e. The van der Waals surface area contributed by atoms with Crippen molar-refractivity contribution >= 4 is 18.2 Å². The zero-order valence-corrected chi connectivity index (χ0v) is 16.2. The van der Waals surface area contributed by atoms with Crippen LogP contribution in [0.1, 0.15) is 51.4 Å². The van der Waals surface area contributed by atoms with Crippen molar-refractivity contribution in [2.75, 3.05) is 13.2 Å². The second-order valence-corrected chi connectivity index (χ2v) is 6.21. The SMILES string of the molecule is C=C(C)C.CCC(=O)OC(C)(C)C(=O)c1ccc(OCCOC=O)cc1. The van der Waals surface area contributed by atoms with E-state index >= 15 is 0 Å². The van der Waals surface area contributed by atoms with Crippen LogP contribution in [0.2, 0.25) is 0 Å². The molecule has 144 valence electrons. The second-order valence-electron chi connectivity index (χ2n) is 6.21. The Bertz CT molecular complexity index is 597. The Hall–Kier alpha value is -2.63. The van der Waals surface area contributed by atoms with Gasteiger partial charge in [-0.15, -0.1) is 6.58 Å². The summed E-state index contributed by atoms with van der Waals surface area (Å²) in [5.74, 6) is -0.159. The molecule has 6 nitrogen and oxygen atoms in total. The largest absolute Gasteiger partial charge is 0.490 e. The van der Waals surface area contributed by atoms with Gasteiger partial charge in [-0.3, -0.25) is 14.4 Å². The number of ether oxygens (including phenoxy) is 3. The number of Topliss-reactive ketones (excluding diaryl/α,β-unsaturated/α-hetero) is 1. The molecule has 0 atom stereocenters. The van der Waals surface area contributed by atoms with E-state index in [0.717, 1.165) is 0 Å². The lowest BCUT2D eigenvalue weighted by Gasteiger charge is -2.23. The van der Waals surface area contributed by atoms with Crippen LogP contribution >= 0.6 is 0 Å². The molecule has 1 aromatic rings. The predicted molar refractivity (Wildman–Crippen MR) is 99.2 cm³/mol. The highest BCUT2D eigenvalue weighted by Gasteiger charge is 2.32. The van der Waals surface area contributed by atoms with Crippen molar-refractivity contribution in [2.24, 2.45) is 0 Å². The molecule has 0 bridgehead atoms. The van der Waals surface area contributed by atoms with Crippen LogP contribution in [0.4, 0.5) is 0 Å². The summed E-state index contributed by atoms with van der Waals surface area (Å²) in [6.07, 6.45) is 0.215. The molecule has 0 radical (unpaired) electrons. The number of hydrogen-bond acceptors (Lipinski definition) is 6. The lowest BCUT2D eigenvalue weighted by Crippen LogP contribution is -2.37. The number of carbonyl (C=O) groups excluding carboxylic acids is 3. The third-order valence-electron chi connectivity index (χ3n) is 2.86. The van der Waals surface area contributed by atoms with Crippen LogP contribution in [0.3, 0.4) is 0 Å². The zero-order chi connectivity index (χ0) is 20.2. The molecule has 0 aliphatic heterocycles. The van der Waals surface area contributed by atoms with Gasteiger partial charge in [0.1, 0.15) is 19.0 Å². The molecule has 1 aromatic carbocycles. The van der Waals surface area contributed by atoms with E-state index in [1.165, 1.54) is 5.57 Å². The number of ketones is 1. The van der Waals surface area contributed by atoms with E-state index in [1.54, 1.807) is 45.0 Å². The van der Waals surface area contributed by atoms with Crippen molar-refractivity contribution in [3.05, 3.63) is 42.0 Å². The Balaban J connectivity index is 0.00000141. The standard InChI is InChI=1S/C16H20O6.C4H8/c1-4-14(18)22-16(2,3)15(19)12-5-7-13(8-6-12)21-10-9-20-11-17;1-4(2)3/h5-8,11H,4,9-10H2,1-3H3;1H2,2-3H3. The van der Waals surface area contributed by atoms with Gasteiger partial charge in [0.15, 0.2) is 5.60 Å². The molecule has 0 aliphatic carbocycles. The number of rotatable bonds is 9. The quantitative estimate of drug-likeness (QED) is 0.218. The first-order valence-corrected chi connectivity index (χ1v) is 8.30. The maximum atomic E-state index is 12.4. The van der Waals surface area contributed by atoms with E-state index in [1.807, 2.05) is 13.8 Å². The van der Waals surface area contributed by atoms with Gasteiger partial charge in [0, 0.05) is 12.0 Å². The summed E-state index contributed by atoms with van der Waals surface area (Å²) in [5.41, 5.74) is 0.373. The highest BCUT2D eigenvalue weighted by Crippen LogP contribution is 2.20. The zero-order valence-electron chi connectivity index (χ0n) is 16.2. The summed E-state index contributed by atoms with van der Waals surface area (Å²) >= 11 is 0. The third kappa shape index (κ3) is 9.61. The highest BCUT2D eigenvalue weighted by atomic mass is 16.6. The Morgan fingerprint density at radius 2 is 1.65 bits per heavy atom. The van der Waals surface area contributed by atoms with Crippen LogP contribution in [-0.2, 0) is 19.1 Å². The molecule has 0 saturated carbocycles. The molecule has 0 aliphatic rings. The average Bonchev–Trinajstić information content (AvgIpc) is 2.57. The van der Waals surface area contributed by atoms with Gasteiger partial charge in [0.2, 0.25) is 5.78 Å². The Kier molecular flexibility index (Phi) is 10.6. The van der Waals surface area contributed by atoms with Crippen molar-refractivity contribution in [1.82, 2.24) is 0 Å². The van der Waals surface area contributed by atoms with E-state index in [0.29, 0.717) is 17.8 Å². The van der Waals surface area contributed by atoms with Crippen molar-refractivity contribution in [3.8, 4) is 5.75 Å². The van der Waals surface area contributed by atoms with Gasteiger partial charge < -0.3 is 14.2 Å². The summed E-state index contributed by atoms with van der Waals surface area (Å²) in [6, 6.07) is 6.46. The fraction of sp³-hybridized carbons (Fsp3) is 0.450. The minimum atomic E-state index is -1.22. The molecule has 0 spiro atoms. The summed E-state index contributed by atoms with van der Waals surface area (Å²) in [4.78, 5) is 33.7. The van der Waals surface area contributed by atoms with E-state index in [9.17, 15) is 14.4 Å². The molecule has 0 N–H and O–H groups in total. The van der Waals surface area contributed by atoms with Gasteiger partial charge in [-0.2, -0.15) is 0 Å². The van der Waals surface area contributed by atoms with Crippen LogP contribution in [0, 0.1) is 0 Å². The Morgan fingerprint density at radius 1 is 1.12 bits per heavy atom. The number of benzene rings is 1. The van der Waals surface area contributed by atoms with Crippen molar-refractivity contribution < 1.29 is 28.6 Å². The van der Waals surface area contributed by atoms with Crippen molar-refractivity contribution in [1.29, 1.82) is 0 Å². The van der Waals surface area contributed by atoms with E-state index < -0.39 is 11.6 Å². The van der Waals surface area contributed by atoms with Crippen molar-refractivity contribution in [3.63, 3.8) is 0 Å². The monoisotopic (exact) mass is 364 g/mol. The van der Waals surface area contributed by atoms with Gasteiger partial charge in [-0.05, 0) is 52.0 Å². The minimum Gasteiger partial charge on any atom is -0.490 e. The highest BCUT2D eigenvalue weighted by molar-refractivity contribution is 6.03. The van der Waals surface area contributed by atoms with E-state index in [4.69, 9.17) is 9.47 Å². The average molecular weight is 364 g/mol. The molecule has 6 heteroatoms. The van der Waals surface area contributed by atoms with Crippen molar-refractivity contribution in [2.45, 2.75) is 46.6 Å². The Labute approximate surface area is 155 Å². The van der Waals surface area contributed by atoms with Crippen LogP contribution in [0.5, 0.6) is 5.75 Å². The minimum absolute atomic E-state index is 0.157. The van der Waals surface area contributed by atoms with Crippen LogP contribution < -0.4 is 4.74 Å². The van der Waals surface area contributed by atoms with E-state index in [-0.39, 0.29) is 25.4 Å². The van der Waals surface area contributed by atoms with Gasteiger partial charge in [-0.25, -0.2) is 0 Å². The summed E-state index contributed by atoms with van der Waals surface area (Å²) in [5, 5.41) is 0. The van der Waals surface area contributed by atoms with Crippen LogP contribution in [-0.4, -0.2) is 37.0 Å². The number of allylic oxidation sites excluding steroid dienone is 1. The van der Waals surface area contributed by atoms with Gasteiger partial charge in [0.25, 0.3) is 6.47 Å². The predicted octanol–water partition coefficient (Wildman–Crippen LogP) is 3.74. The fourth-order valence-electron chi connectivity index (χ4n) is 1.71. The molecule has 0 unspecified atom stereocenters. The molecule has 0 heterocycles. The molecule has 0 fully saturated rings. The maximum absolute atomic E-state index is 12.4. The molecule has 0 amide bonds. The summed E-state index contributed by atoms with van der Waals surface area (Å²) < 4.78 is 15.0. The van der Waals surface area contributed by atoms with Gasteiger partial charge in [0.05, 0.1) is 0 Å². The van der Waals surface area contributed by atoms with E-state index in [2.05, 4.69) is 11.3 Å². The lowest BCUT2D eigenvalue weighted by molar-refractivity contribution is -0.152. The molecular formula is C20H28O6. The second kappa shape index (κ2) is 11.8. The summed E-state index contributed by atoms with van der Waals surface area (Å²) in [7, 11) is 0. The molecular weight excluding hydrogens is 336 g/mol. The number of carbonyl (C=O) groups is 3.